The number of hydrogen-bond donors (Lipinski definition) is 9. The maximum absolute atomic E-state index is 11.8. The largest absolute Gasteiger partial charge is 0.493 e. The summed E-state index contributed by atoms with van der Waals surface area (Å²) in [5, 5.41) is 22.8. The van der Waals surface area contributed by atoms with Crippen molar-refractivity contribution >= 4 is 131 Å². The molecule has 6 aromatic carbocycles. The lowest BCUT2D eigenvalue weighted by Crippen LogP contribution is -2.12. The number of carboxylic acid groups (broad SMARTS) is 2. The molecule has 13 N–H and O–H groups in total. The van der Waals surface area contributed by atoms with Crippen LogP contribution in [0.15, 0.2) is 59.9 Å². The Balaban J connectivity index is 0.000000635. The summed E-state index contributed by atoms with van der Waals surface area (Å²) >= 11 is 19.9. The zero-order valence-electron chi connectivity index (χ0n) is 62.4. The quantitative estimate of drug-likeness (QED) is 0.00651. The van der Waals surface area contributed by atoms with E-state index in [4.69, 9.17) is 134 Å². The minimum Gasteiger partial charge on any atom is -0.493 e. The van der Waals surface area contributed by atoms with Crippen LogP contribution in [0.1, 0.15) is 38.0 Å². The van der Waals surface area contributed by atoms with Gasteiger partial charge in [-0.3, -0.25) is 29.2 Å². The molecular weight excluding hydrogens is 1550 g/mol. The van der Waals surface area contributed by atoms with Gasteiger partial charge in [-0.05, 0) is 33.7 Å². The number of halogens is 4. The summed E-state index contributed by atoms with van der Waals surface area (Å²) in [7, 11) is 27.7. The Labute approximate surface area is 643 Å². The highest BCUT2D eigenvalue weighted by molar-refractivity contribution is 8.24. The van der Waals surface area contributed by atoms with E-state index in [2.05, 4.69) is 69.4 Å². The Morgan fingerprint density at radius 2 is 0.789 bits per heavy atom. The molecule has 109 heavy (non-hydrogen) atoms. The smallest absolute Gasteiger partial charge is 0.343 e. The number of amides is 1. The Morgan fingerprint density at radius 1 is 0.468 bits per heavy atom. The topological polar surface area (TPSA) is 530 Å². The van der Waals surface area contributed by atoms with Crippen LogP contribution in [0.2, 0.25) is 5.15 Å². The Bertz CT molecular complexity index is 4520. The number of H-pyrrole nitrogens is 1. The molecule has 8 aromatic rings. The molecule has 0 saturated carbocycles. The van der Waals surface area contributed by atoms with Crippen molar-refractivity contribution in [2.24, 2.45) is 5.73 Å². The fourth-order valence-electron chi connectivity index (χ4n) is 9.11. The summed E-state index contributed by atoms with van der Waals surface area (Å²) in [6.45, 7) is 1.08. The molecule has 0 aliphatic carbocycles. The second kappa shape index (κ2) is 46.9. The predicted molar refractivity (Wildman–Crippen MR) is 407 cm³/mol. The van der Waals surface area contributed by atoms with Crippen LogP contribution in [-0.4, -0.2) is 201 Å². The molecule has 0 radical (unpaired) electrons. The van der Waals surface area contributed by atoms with Crippen molar-refractivity contribution in [3.05, 3.63) is 87.3 Å². The number of esters is 1. The lowest BCUT2D eigenvalue weighted by atomic mass is 10.1. The molecule has 0 spiro atoms. The average molecular weight is 1640 g/mol. The first-order chi connectivity index (χ1) is 51.6. The van der Waals surface area contributed by atoms with E-state index in [9.17, 15) is 28.5 Å². The lowest BCUT2D eigenvalue weighted by molar-refractivity contribution is -0.134. The van der Waals surface area contributed by atoms with Crippen LogP contribution in [0.5, 0.6) is 103 Å². The second-order valence-electron chi connectivity index (χ2n) is 19.4. The number of methoxy groups -OCH3 is 19. The SMILES string of the molecule is CC(=O)O.COC(=O)c1c(N)cc(OC)c(OC)c1OC.COc1cc(N)c(C(=O)O)c(OC)c1OC.COc1cc(N)cc(OC)c1OC.COc1cc2c(c(OC)c1OC)C(=O)C(=O)N2.COc1cc2nc[nH]c(=O)c2c(OC)c1OC.COc1cc2ncnc(Cl)c2c(OC)c1OC.N=CN.O=P(Cl)(Cl)Cl. The van der Waals surface area contributed by atoms with Gasteiger partial charge in [0.15, 0.2) is 69.0 Å². The molecule has 0 unspecified atom stereocenters. The third-order valence-electron chi connectivity index (χ3n) is 13.3. The number of nitrogen functional groups attached to an aromatic ring is 3. The molecule has 0 saturated heterocycles. The molecule has 2 aromatic heterocycles. The maximum Gasteiger partial charge on any atom is 0.343 e. The van der Waals surface area contributed by atoms with Crippen LogP contribution in [0.25, 0.3) is 21.8 Å². The van der Waals surface area contributed by atoms with Crippen molar-refractivity contribution in [1.82, 2.24) is 19.9 Å². The number of anilines is 4. The van der Waals surface area contributed by atoms with E-state index >= 15 is 0 Å². The molecule has 0 atom stereocenters. The third kappa shape index (κ3) is 25.6. The number of ketones is 1. The summed E-state index contributed by atoms with van der Waals surface area (Å²) < 4.78 is 106. The molecule has 0 bridgehead atoms. The van der Waals surface area contributed by atoms with Crippen molar-refractivity contribution in [3.63, 3.8) is 0 Å². The molecule has 1 amide bonds. The first-order valence-corrected chi connectivity index (χ1v) is 34.5. The van der Waals surface area contributed by atoms with E-state index in [1.165, 1.54) is 138 Å². The van der Waals surface area contributed by atoms with E-state index in [1.807, 2.05) is 0 Å². The van der Waals surface area contributed by atoms with Gasteiger partial charge in [-0.1, -0.05) is 11.6 Å². The maximum atomic E-state index is 11.8. The van der Waals surface area contributed by atoms with Crippen molar-refractivity contribution < 1.29 is 129 Å². The highest BCUT2D eigenvalue weighted by Gasteiger charge is 2.36. The van der Waals surface area contributed by atoms with Crippen LogP contribution in [0.4, 0.5) is 22.7 Å². The molecule has 1 aliphatic heterocycles. The van der Waals surface area contributed by atoms with Crippen molar-refractivity contribution in [1.29, 1.82) is 5.41 Å². The first kappa shape index (κ1) is 95.0. The van der Waals surface area contributed by atoms with Crippen LogP contribution in [0, 0.1) is 5.41 Å². The number of carbonyl (C=O) groups is 5. The standard InChI is InChI=1S/C11H11ClN2O3.C11H12N2O4.C11H11NO5.C11H15NO5.C10H13NO5.C9H13NO3.C2H4O2.CH4N2.Cl3OP/c1-15-7-4-6-8(11(12)14-5-13-6)10(17-3)9(7)16-2;1-15-7-4-6-8(11(14)13-5-12-6)10(17-3)9(7)16-2;1-15-6-4-5-7(8(13)11(14)12-5)10(17-3)9(6)16-2;1-14-7-5-6(12)8(11(13)17-4)10(16-3)9(7)15-2;1-14-6-4-5(11)7(10(12)13)9(16-3)8(6)15-2;1-11-7-4-6(10)5-8(12-2)9(7)13-3;1-2(3)4;2-1-3;1-5(2,3)4/h4-5H,1-3H3;4-5H,1-3H3,(H,12,13,14);4H,1-3H3,(H,12,13,14);5H,12H2,1-4H3;4H,11H2,1-3H3,(H,12,13);4-5H,10H2,1-3H3;1H3,(H,3,4);1H,(H3,2,3);. The van der Waals surface area contributed by atoms with E-state index in [0.29, 0.717) is 119 Å². The Hall–Kier alpha value is -12.0. The number of rotatable bonds is 20. The summed E-state index contributed by atoms with van der Waals surface area (Å²) in [6.07, 6.45) is 3.46. The van der Waals surface area contributed by atoms with E-state index in [1.54, 1.807) is 52.7 Å². The third-order valence-corrected chi connectivity index (χ3v) is 13.6. The fraction of sp³-hybridized carbons (Fsp3) is 0.303. The average Bonchev–Trinajstić information content (AvgIpc) is 1.74. The number of aliphatic carboxylic acids is 1. The first-order valence-electron chi connectivity index (χ1n) is 29.7. The van der Waals surface area contributed by atoms with Crippen molar-refractivity contribution in [2.75, 3.05) is 158 Å². The number of nitrogens with two attached hydrogens (primary N) is 4. The molecule has 1 aliphatic rings. The monoisotopic (exact) mass is 1630 g/mol. The Kier molecular flexibility index (Phi) is 40.8. The molecule has 43 heteroatoms. The van der Waals surface area contributed by atoms with Gasteiger partial charge in [0.2, 0.25) is 34.5 Å². The van der Waals surface area contributed by atoms with Crippen LogP contribution in [0.3, 0.4) is 0 Å². The number of Topliss-reactive ketones (excluding diaryl/α,β-unsaturated/α-hetero) is 1. The Morgan fingerprint density at radius 3 is 1.16 bits per heavy atom. The van der Waals surface area contributed by atoms with Crippen LogP contribution in [-0.2, 0) is 18.9 Å². The normalized spacial score (nSPS) is 10.2. The second-order valence-corrected chi connectivity index (χ2v) is 26.4. The molecule has 38 nitrogen and oxygen atoms in total. The number of carboxylic acids is 2. The summed E-state index contributed by atoms with van der Waals surface area (Å²) in [5.74, 6) is 2.70. The van der Waals surface area contributed by atoms with Gasteiger partial charge < -0.3 is 133 Å². The number of aromatic amines is 1. The van der Waals surface area contributed by atoms with Crippen molar-refractivity contribution in [2.45, 2.75) is 6.92 Å². The highest BCUT2D eigenvalue weighted by Crippen LogP contribution is 2.61. The number of benzene rings is 6. The zero-order valence-corrected chi connectivity index (χ0v) is 66.3. The number of aromatic carboxylic acids is 1. The number of carbonyl (C=O) groups excluding carboxylic acids is 3. The number of ether oxygens (including phenoxy) is 19. The zero-order chi connectivity index (χ0) is 83.3. The van der Waals surface area contributed by atoms with Crippen LogP contribution < -0.4 is 119 Å². The summed E-state index contributed by atoms with van der Waals surface area (Å²) in [4.78, 5) is 80.9. The fourth-order valence-corrected chi connectivity index (χ4v) is 9.33. The van der Waals surface area contributed by atoms with Gasteiger partial charge in [0.05, 0.1) is 187 Å². The van der Waals surface area contributed by atoms with Gasteiger partial charge in [-0.25, -0.2) is 24.5 Å². The van der Waals surface area contributed by atoms with Crippen molar-refractivity contribution in [3.8, 4) is 103 Å². The number of nitrogens with one attached hydrogen (secondary N) is 3. The minimum absolute atomic E-state index is 0.0480. The number of aromatic nitrogens is 4. The van der Waals surface area contributed by atoms with Gasteiger partial charge in [0, 0.05) is 55.1 Å². The van der Waals surface area contributed by atoms with E-state index in [-0.39, 0.29) is 56.6 Å². The molecular formula is C66H83Cl4N10O28P. The van der Waals surface area contributed by atoms with Crippen LogP contribution >= 0.6 is 50.5 Å². The summed E-state index contributed by atoms with van der Waals surface area (Å²) in [6, 6.07) is 11.1. The van der Waals surface area contributed by atoms with Gasteiger partial charge in [-0.2, -0.15) is 0 Å². The highest BCUT2D eigenvalue weighted by atomic mass is 36.0. The van der Waals surface area contributed by atoms with E-state index < -0.39 is 34.8 Å². The predicted octanol–water partition coefficient (Wildman–Crippen LogP) is 9.93. The summed E-state index contributed by atoms with van der Waals surface area (Å²) in [5.41, 5.74) is 23.6. The minimum atomic E-state index is -3.22. The van der Waals surface area contributed by atoms with Gasteiger partial charge in [0.1, 0.15) is 28.0 Å². The molecule has 0 fully saturated rings. The molecule has 9 rings (SSSR count). The van der Waals surface area contributed by atoms with Gasteiger partial charge >= 0.3 is 17.1 Å². The number of fused-ring (bicyclic) bond motifs is 3. The number of nitrogens with zero attached hydrogens (tertiary/aromatic N) is 3. The van der Waals surface area contributed by atoms with Gasteiger partial charge in [-0.15, -0.1) is 0 Å². The lowest BCUT2D eigenvalue weighted by Gasteiger charge is -2.16. The molecule has 598 valence electrons. The van der Waals surface area contributed by atoms with E-state index in [0.717, 1.165) is 13.3 Å². The van der Waals surface area contributed by atoms with Gasteiger partial charge in [0.25, 0.3) is 23.2 Å². The molecule has 3 heterocycles. The number of hydrogen-bond acceptors (Lipinski definition) is 33.